The summed E-state index contributed by atoms with van der Waals surface area (Å²) in [5, 5.41) is 68.3. The first kappa shape index (κ1) is 76.1. The zero-order chi connectivity index (χ0) is 76.3. The topological polar surface area (TPSA) is 322 Å². The Kier molecular flexibility index (Phi) is 23.3. The predicted octanol–water partition coefficient (Wildman–Crippen LogP) is 13.4. The Morgan fingerprint density at radius 2 is 1.02 bits per heavy atom. The van der Waals surface area contributed by atoms with E-state index in [9.17, 15) is 20.6 Å². The summed E-state index contributed by atoms with van der Waals surface area (Å²) in [5.74, 6) is 13.6. The monoisotopic (exact) mass is 1460 g/mol. The van der Waals surface area contributed by atoms with Gasteiger partial charge in [-0.05, 0) is 109 Å². The van der Waals surface area contributed by atoms with Crippen molar-refractivity contribution in [2.45, 2.75) is 162 Å². The minimum atomic E-state index is -0.310. The number of aliphatic hydroxyl groups is 3. The maximum atomic E-state index is 9.96. The number of para-hydroxylation sites is 2. The first-order valence-electron chi connectivity index (χ1n) is 37.1. The van der Waals surface area contributed by atoms with Crippen LogP contribution in [0.2, 0.25) is 0 Å². The number of aromatic amines is 1. The van der Waals surface area contributed by atoms with Crippen molar-refractivity contribution in [2.24, 2.45) is 27.6 Å². The van der Waals surface area contributed by atoms with E-state index in [1.54, 1.807) is 24.8 Å². The van der Waals surface area contributed by atoms with Gasteiger partial charge in [-0.1, -0.05) is 129 Å². The molecule has 24 nitrogen and oxygen atoms in total. The van der Waals surface area contributed by atoms with Crippen molar-refractivity contribution in [1.82, 2.24) is 59.0 Å². The molecule has 0 amide bonds. The fourth-order valence-corrected chi connectivity index (χ4v) is 14.1. The van der Waals surface area contributed by atoms with Gasteiger partial charge in [-0.3, -0.25) is 4.98 Å². The van der Waals surface area contributed by atoms with E-state index in [2.05, 4.69) is 201 Å². The summed E-state index contributed by atoms with van der Waals surface area (Å²) in [6.07, 6.45) is 41.7. The lowest BCUT2D eigenvalue weighted by Gasteiger charge is -2.51. The SMILES string of the molecule is C#Cc1cnc(NCCC2C=Cc3ncccc32)nc1N[C@@H]1C[C@H](O)C1(C)C.C#Cc1cnc(NCCc2c[nH]c3ccccc23)nc1N[C@@H]1C[C@H](O)C1(C)C.C#Cc1cnc(NCCn2ccc3ccccc32)nc1N[C@@H]1C[C@H](O)C1(C)C.C[C@H]1C[C@@H](Nc2nc(NCCn3cccc3)ncc2C#N)C1(C)C.[HH].[HH].[HH].[HH]. The van der Waals surface area contributed by atoms with Crippen LogP contribution < -0.4 is 42.5 Å². The first-order valence-corrected chi connectivity index (χ1v) is 37.1. The molecule has 0 saturated heterocycles. The zero-order valence-electron chi connectivity index (χ0n) is 63.0. The number of benzene rings is 2. The average Bonchev–Trinajstić information content (AvgIpc) is 1.69. The van der Waals surface area contributed by atoms with Crippen molar-refractivity contribution in [3.8, 4) is 43.1 Å². The number of rotatable bonds is 24. The number of nitrogens with zero attached hydrogens (tertiary/aromatic N) is 12. The number of terminal acetylenes is 3. The van der Waals surface area contributed by atoms with Gasteiger partial charge in [0.25, 0.3) is 0 Å². The van der Waals surface area contributed by atoms with Gasteiger partial charge in [0.1, 0.15) is 34.9 Å². The molecule has 8 heterocycles. The van der Waals surface area contributed by atoms with E-state index in [-0.39, 0.29) is 63.8 Å². The zero-order valence-corrected chi connectivity index (χ0v) is 63.0. The molecule has 10 aromatic rings. The fraction of sp³-hybridized carbons (Fsp3) is 0.405. The number of hydrogen-bond acceptors (Lipinski definition) is 21. The van der Waals surface area contributed by atoms with E-state index in [0.717, 1.165) is 56.7 Å². The molecule has 15 rings (SSSR count). The third-order valence-electron chi connectivity index (χ3n) is 22.9. The van der Waals surface area contributed by atoms with E-state index in [1.807, 2.05) is 109 Å². The predicted molar refractivity (Wildman–Crippen MR) is 438 cm³/mol. The number of hydrogen-bond donors (Lipinski definition) is 12. The average molecular weight is 1460 g/mol. The largest absolute Gasteiger partial charge is 0.392 e. The van der Waals surface area contributed by atoms with Crippen LogP contribution in [0.5, 0.6) is 0 Å². The lowest BCUT2D eigenvalue weighted by molar-refractivity contribution is -0.0512. The second kappa shape index (κ2) is 33.1. The van der Waals surface area contributed by atoms with Crippen molar-refractivity contribution in [2.75, 3.05) is 68.7 Å². The van der Waals surface area contributed by atoms with Gasteiger partial charge in [-0.2, -0.15) is 25.2 Å². The van der Waals surface area contributed by atoms with Crippen LogP contribution in [0.15, 0.2) is 141 Å². The smallest absolute Gasteiger partial charge is 0.224 e. The van der Waals surface area contributed by atoms with Crippen molar-refractivity contribution in [3.05, 3.63) is 180 Å². The number of fused-ring (bicyclic) bond motifs is 3. The van der Waals surface area contributed by atoms with E-state index in [0.29, 0.717) is 120 Å². The van der Waals surface area contributed by atoms with Crippen LogP contribution in [-0.2, 0) is 19.5 Å². The van der Waals surface area contributed by atoms with Gasteiger partial charge >= 0.3 is 0 Å². The summed E-state index contributed by atoms with van der Waals surface area (Å²) in [7, 11) is 0. The maximum Gasteiger partial charge on any atom is 0.224 e. The molecule has 1 unspecified atom stereocenters. The summed E-state index contributed by atoms with van der Waals surface area (Å²) < 4.78 is 4.30. The van der Waals surface area contributed by atoms with Crippen LogP contribution in [0.1, 0.15) is 145 Å². The van der Waals surface area contributed by atoms with Gasteiger partial charge in [0.2, 0.25) is 23.8 Å². The van der Waals surface area contributed by atoms with Crippen molar-refractivity contribution >= 4 is 74.9 Å². The third-order valence-corrected chi connectivity index (χ3v) is 22.9. The van der Waals surface area contributed by atoms with Crippen LogP contribution >= 0.6 is 0 Å². The van der Waals surface area contributed by atoms with E-state index >= 15 is 0 Å². The summed E-state index contributed by atoms with van der Waals surface area (Å²) in [6, 6.07) is 29.7. The Morgan fingerprint density at radius 1 is 0.537 bits per heavy atom. The molecule has 5 aliphatic carbocycles. The molecule has 566 valence electrons. The number of H-pyrrole nitrogens is 1. The molecule has 0 bridgehead atoms. The highest BCUT2D eigenvalue weighted by Gasteiger charge is 2.50. The Balaban J connectivity index is 0.000000185. The van der Waals surface area contributed by atoms with Crippen LogP contribution in [-0.4, -0.2) is 143 Å². The quantitative estimate of drug-likeness (QED) is 0.0250. The molecular weight excluding hydrogens is 1350 g/mol. The van der Waals surface area contributed by atoms with Gasteiger partial charge in [0, 0.05) is 139 Å². The van der Waals surface area contributed by atoms with E-state index in [1.165, 1.54) is 27.4 Å². The fourth-order valence-electron chi connectivity index (χ4n) is 14.1. The lowest BCUT2D eigenvalue weighted by Crippen LogP contribution is -2.57. The van der Waals surface area contributed by atoms with Gasteiger partial charge in [-0.25, -0.2) is 19.9 Å². The molecule has 4 fully saturated rings. The molecule has 8 aromatic heterocycles. The number of nitriles is 1. The highest BCUT2D eigenvalue weighted by atomic mass is 16.3. The van der Waals surface area contributed by atoms with Gasteiger partial charge in [0.15, 0.2) is 0 Å². The molecular formula is C84H107N21O3. The van der Waals surface area contributed by atoms with Crippen molar-refractivity contribution in [3.63, 3.8) is 0 Å². The molecule has 9 atom stereocenters. The summed E-state index contributed by atoms with van der Waals surface area (Å²) >= 11 is 0. The van der Waals surface area contributed by atoms with Crippen LogP contribution in [0.25, 0.3) is 27.9 Å². The molecule has 5 aliphatic rings. The Morgan fingerprint density at radius 3 is 1.53 bits per heavy atom. The van der Waals surface area contributed by atoms with Gasteiger partial charge < -0.3 is 72.0 Å². The maximum absolute atomic E-state index is 9.96. The Labute approximate surface area is 638 Å². The molecule has 4 saturated carbocycles. The molecule has 0 radical (unpaired) electrons. The van der Waals surface area contributed by atoms with Crippen LogP contribution in [0.3, 0.4) is 0 Å². The Hall–Kier alpha value is -11.5. The highest BCUT2D eigenvalue weighted by Crippen LogP contribution is 2.48. The summed E-state index contributed by atoms with van der Waals surface area (Å²) in [5.41, 5.74) is 7.87. The summed E-state index contributed by atoms with van der Waals surface area (Å²) in [4.78, 5) is 43.1. The number of pyridine rings is 1. The summed E-state index contributed by atoms with van der Waals surface area (Å²) in [6.45, 7) is 23.5. The second-order valence-electron chi connectivity index (χ2n) is 30.9. The highest BCUT2D eigenvalue weighted by molar-refractivity contribution is 5.83. The van der Waals surface area contributed by atoms with Crippen LogP contribution in [0, 0.1) is 75.9 Å². The second-order valence-corrected chi connectivity index (χ2v) is 30.9. The minimum absolute atomic E-state index is 0. The lowest BCUT2D eigenvalue weighted by atomic mass is 9.59. The van der Waals surface area contributed by atoms with E-state index in [4.69, 9.17) is 19.3 Å². The van der Waals surface area contributed by atoms with E-state index < -0.39 is 0 Å². The normalized spacial score (nSPS) is 21.6. The standard InChI is InChI=1S/3C22H25N5O.C18H24N6.4H2/c1-4-14-13-25-21(27-20(14)26-18-12-19(28)22(18,2)3)24-11-9-15-7-8-17-16(15)6-5-10-23-17;1-4-15-14-24-21(26-20(15)25-18-13-19(28)22(18,2)3)23-10-12-27-11-9-16-7-5-6-8-17(16)27;1-4-14-12-25-21(27-20(14)26-18-11-19(28)22(18,2)3)23-10-9-15-13-24-17-8-6-5-7-16(15)17;1-13-10-15(18(13,2)3)22-16-14(11-19)12-21-17(23-16)20-6-9-24-7-4-5-8-24;;;;/h1,5-8,10,13,15,18-19,28H,9,11-12H2,2-3H3,(H2,24,25,26,27);1,5-9,11,14,18-19,28H,10,12-13H2,2-3H3,(H2,23,24,25,26);1,5-8,12-13,18-19,24,28H,9-11H2,2-3H3,(H2,23,25,26,27);4-5,7-8,12-13,15H,6,9-10H2,1-3H3,(H2,20,21,22,23);4*1H/t15?,18-,19+;2*18-,19+;13-,15+;;;;/m1110..../s1. The number of aliphatic hydroxyl groups excluding tert-OH is 3. The van der Waals surface area contributed by atoms with Crippen molar-refractivity contribution < 1.29 is 21.0 Å². The van der Waals surface area contributed by atoms with Gasteiger partial charge in [-0.15, -0.1) is 19.3 Å². The molecule has 108 heavy (non-hydrogen) atoms. The molecule has 0 aliphatic heterocycles. The number of anilines is 8. The molecule has 0 spiro atoms. The first-order chi connectivity index (χ1) is 52.0. The molecule has 12 N–H and O–H groups in total. The third kappa shape index (κ3) is 17.1. The number of allylic oxidation sites excluding steroid dienone is 1. The van der Waals surface area contributed by atoms with Gasteiger partial charge in [0.05, 0.1) is 65.5 Å². The Bertz CT molecular complexity index is 4830. The van der Waals surface area contributed by atoms with Crippen LogP contribution in [0.4, 0.5) is 47.1 Å². The number of nitrogens with one attached hydrogen (secondary N) is 9. The molecule has 24 heteroatoms. The molecule has 2 aromatic carbocycles. The number of aromatic nitrogens is 12. The van der Waals surface area contributed by atoms with Crippen molar-refractivity contribution in [1.29, 1.82) is 5.26 Å². The minimum Gasteiger partial charge on any atom is -0.392 e.